The van der Waals surface area contributed by atoms with Gasteiger partial charge in [0.1, 0.15) is 5.78 Å². The maximum atomic E-state index is 12.4. The second-order valence-electron chi connectivity index (χ2n) is 5.76. The van der Waals surface area contributed by atoms with Crippen LogP contribution in [0, 0.1) is 11.8 Å². The average Bonchev–Trinajstić information content (AvgIpc) is 2.83. The molecule has 0 aliphatic carbocycles. The van der Waals surface area contributed by atoms with E-state index in [-0.39, 0.29) is 17.4 Å². The van der Waals surface area contributed by atoms with Gasteiger partial charge in [-0.3, -0.25) is 4.79 Å². The largest absolute Gasteiger partial charge is 0.378 e. The van der Waals surface area contributed by atoms with Gasteiger partial charge < -0.3 is 15.2 Å². The summed E-state index contributed by atoms with van der Waals surface area (Å²) in [5.41, 5.74) is 5.34. The van der Waals surface area contributed by atoms with Gasteiger partial charge in [-0.2, -0.15) is 0 Å². The molecule has 2 saturated heterocycles. The number of rotatable bonds is 5. The summed E-state index contributed by atoms with van der Waals surface area (Å²) in [5.74, 6) is 0.697. The second-order valence-corrected chi connectivity index (χ2v) is 5.76. The van der Waals surface area contributed by atoms with Gasteiger partial charge in [0.2, 0.25) is 0 Å². The van der Waals surface area contributed by atoms with Gasteiger partial charge in [0.15, 0.2) is 0 Å². The van der Waals surface area contributed by atoms with Gasteiger partial charge >= 0.3 is 0 Å². The number of carbonyl (C=O) groups is 1. The molecule has 18 heavy (non-hydrogen) atoms. The lowest BCUT2D eigenvalue weighted by Gasteiger charge is -2.37. The number of nitrogens with two attached hydrogens (primary N) is 1. The van der Waals surface area contributed by atoms with E-state index in [9.17, 15) is 4.79 Å². The lowest BCUT2D eigenvalue weighted by atomic mass is 9.79. The molecule has 0 radical (unpaired) electrons. The van der Waals surface area contributed by atoms with E-state index < -0.39 is 0 Å². The van der Waals surface area contributed by atoms with Crippen molar-refractivity contribution in [2.75, 3.05) is 26.4 Å². The van der Waals surface area contributed by atoms with Crippen LogP contribution >= 0.6 is 0 Å². The van der Waals surface area contributed by atoms with Gasteiger partial charge in [-0.15, -0.1) is 0 Å². The SMILES string of the molecule is CC(CCCN)C(=O)C1CCOC2(CCOC2)C1. The smallest absolute Gasteiger partial charge is 0.138 e. The van der Waals surface area contributed by atoms with Gasteiger partial charge in [0.05, 0.1) is 12.2 Å². The first-order valence-electron chi connectivity index (χ1n) is 7.12. The van der Waals surface area contributed by atoms with Crippen molar-refractivity contribution in [1.82, 2.24) is 0 Å². The first-order valence-corrected chi connectivity index (χ1v) is 7.12. The zero-order chi connectivity index (χ0) is 13.0. The molecule has 0 saturated carbocycles. The van der Waals surface area contributed by atoms with Crippen LogP contribution in [0.5, 0.6) is 0 Å². The summed E-state index contributed by atoms with van der Waals surface area (Å²) in [5, 5.41) is 0. The third-order valence-electron chi connectivity index (χ3n) is 4.29. The molecule has 0 aromatic carbocycles. The summed E-state index contributed by atoms with van der Waals surface area (Å²) in [4.78, 5) is 12.4. The summed E-state index contributed by atoms with van der Waals surface area (Å²) in [7, 11) is 0. The minimum absolute atomic E-state index is 0.135. The fraction of sp³-hybridized carbons (Fsp3) is 0.929. The molecule has 2 N–H and O–H groups in total. The van der Waals surface area contributed by atoms with Gasteiger partial charge in [-0.1, -0.05) is 6.92 Å². The number of ketones is 1. The van der Waals surface area contributed by atoms with E-state index >= 15 is 0 Å². The fourth-order valence-corrected chi connectivity index (χ4v) is 3.10. The second kappa shape index (κ2) is 6.13. The van der Waals surface area contributed by atoms with Crippen LogP contribution in [-0.4, -0.2) is 37.7 Å². The molecule has 4 heteroatoms. The molecule has 0 bridgehead atoms. The molecule has 2 aliphatic rings. The molecular weight excluding hydrogens is 230 g/mol. The zero-order valence-electron chi connectivity index (χ0n) is 11.3. The summed E-state index contributed by atoms with van der Waals surface area (Å²) in [6.45, 7) is 4.83. The Bertz CT molecular complexity index is 287. The number of hydrogen-bond acceptors (Lipinski definition) is 4. The van der Waals surface area contributed by atoms with Crippen molar-refractivity contribution in [1.29, 1.82) is 0 Å². The lowest BCUT2D eigenvalue weighted by Crippen LogP contribution is -2.43. The number of Topliss-reactive ketones (excluding diaryl/α,β-unsaturated/α-hetero) is 1. The lowest BCUT2D eigenvalue weighted by molar-refractivity contribution is -0.140. The predicted octanol–water partition coefficient (Wildman–Crippen LogP) is 1.52. The Kier molecular flexibility index (Phi) is 4.76. The quantitative estimate of drug-likeness (QED) is 0.809. The summed E-state index contributed by atoms with van der Waals surface area (Å²) >= 11 is 0. The number of ether oxygens (including phenoxy) is 2. The Labute approximate surface area is 109 Å². The normalized spacial score (nSPS) is 33.8. The van der Waals surface area contributed by atoms with E-state index in [1.807, 2.05) is 6.92 Å². The molecule has 2 rings (SSSR count). The van der Waals surface area contributed by atoms with E-state index in [2.05, 4.69) is 0 Å². The molecule has 3 unspecified atom stereocenters. The molecule has 3 atom stereocenters. The monoisotopic (exact) mass is 255 g/mol. The molecule has 2 aliphatic heterocycles. The minimum Gasteiger partial charge on any atom is -0.378 e. The maximum Gasteiger partial charge on any atom is 0.138 e. The van der Waals surface area contributed by atoms with Crippen LogP contribution in [-0.2, 0) is 14.3 Å². The van der Waals surface area contributed by atoms with Crippen molar-refractivity contribution in [2.45, 2.75) is 44.6 Å². The van der Waals surface area contributed by atoms with Crippen LogP contribution < -0.4 is 5.73 Å². The Morgan fingerprint density at radius 1 is 1.50 bits per heavy atom. The Morgan fingerprint density at radius 3 is 3.00 bits per heavy atom. The highest BCUT2D eigenvalue weighted by atomic mass is 16.6. The van der Waals surface area contributed by atoms with Crippen LogP contribution in [0.4, 0.5) is 0 Å². The minimum atomic E-state index is -0.161. The molecular formula is C14H25NO3. The number of hydrogen-bond donors (Lipinski definition) is 1. The van der Waals surface area contributed by atoms with Crippen LogP contribution in [0.1, 0.15) is 39.0 Å². The first kappa shape index (κ1) is 14.0. The zero-order valence-corrected chi connectivity index (χ0v) is 11.3. The highest BCUT2D eigenvalue weighted by Crippen LogP contribution is 2.37. The molecule has 1 spiro atoms. The van der Waals surface area contributed by atoms with Crippen molar-refractivity contribution in [3.8, 4) is 0 Å². The van der Waals surface area contributed by atoms with Gasteiger partial charge in [0.25, 0.3) is 0 Å². The van der Waals surface area contributed by atoms with Crippen molar-refractivity contribution in [3.63, 3.8) is 0 Å². The predicted molar refractivity (Wildman–Crippen MR) is 69.3 cm³/mol. The van der Waals surface area contributed by atoms with Gasteiger partial charge in [-0.25, -0.2) is 0 Å². The summed E-state index contributed by atoms with van der Waals surface area (Å²) in [6.07, 6.45) is 4.50. The van der Waals surface area contributed by atoms with E-state index in [1.54, 1.807) is 0 Å². The van der Waals surface area contributed by atoms with Crippen LogP contribution in [0.2, 0.25) is 0 Å². The Balaban J connectivity index is 1.89. The standard InChI is InChI=1S/C14H25NO3/c1-11(3-2-6-15)13(16)12-4-7-18-14(9-12)5-8-17-10-14/h11-12H,2-10,15H2,1H3. The van der Waals surface area contributed by atoms with Crippen LogP contribution in [0.3, 0.4) is 0 Å². The van der Waals surface area contributed by atoms with E-state index in [0.717, 1.165) is 38.7 Å². The van der Waals surface area contributed by atoms with E-state index in [4.69, 9.17) is 15.2 Å². The molecule has 0 aromatic heterocycles. The highest BCUT2D eigenvalue weighted by molar-refractivity contribution is 5.83. The third-order valence-corrected chi connectivity index (χ3v) is 4.29. The van der Waals surface area contributed by atoms with E-state index in [0.29, 0.717) is 25.5 Å². The Morgan fingerprint density at radius 2 is 2.33 bits per heavy atom. The molecule has 2 heterocycles. The molecule has 4 nitrogen and oxygen atoms in total. The Hall–Kier alpha value is -0.450. The van der Waals surface area contributed by atoms with Gasteiger partial charge in [0, 0.05) is 31.5 Å². The fourth-order valence-electron chi connectivity index (χ4n) is 3.10. The van der Waals surface area contributed by atoms with Crippen molar-refractivity contribution in [3.05, 3.63) is 0 Å². The van der Waals surface area contributed by atoms with Crippen molar-refractivity contribution in [2.24, 2.45) is 17.6 Å². The third kappa shape index (κ3) is 3.11. The van der Waals surface area contributed by atoms with Crippen molar-refractivity contribution < 1.29 is 14.3 Å². The molecule has 2 fully saturated rings. The molecule has 104 valence electrons. The van der Waals surface area contributed by atoms with Crippen LogP contribution in [0.25, 0.3) is 0 Å². The number of carbonyl (C=O) groups excluding carboxylic acids is 1. The molecule has 0 amide bonds. The maximum absolute atomic E-state index is 12.4. The first-order chi connectivity index (χ1) is 8.67. The van der Waals surface area contributed by atoms with E-state index in [1.165, 1.54) is 0 Å². The summed E-state index contributed by atoms with van der Waals surface area (Å²) in [6, 6.07) is 0. The van der Waals surface area contributed by atoms with Gasteiger partial charge in [-0.05, 0) is 32.2 Å². The highest BCUT2D eigenvalue weighted by Gasteiger charge is 2.43. The topological polar surface area (TPSA) is 61.6 Å². The van der Waals surface area contributed by atoms with Crippen molar-refractivity contribution >= 4 is 5.78 Å². The average molecular weight is 255 g/mol. The summed E-state index contributed by atoms with van der Waals surface area (Å²) < 4.78 is 11.3. The molecule has 0 aromatic rings. The van der Waals surface area contributed by atoms with Crippen LogP contribution in [0.15, 0.2) is 0 Å².